The molecule has 0 aromatic heterocycles. The minimum Gasteiger partial charge on any atom is -0.393 e. The molecule has 0 aliphatic rings. The Labute approximate surface area is 112 Å². The number of carbonyl (C=O) groups is 1. The molecule has 0 radical (unpaired) electrons. The second-order valence-corrected chi connectivity index (χ2v) is 4.79. The van der Waals surface area contributed by atoms with E-state index in [0.717, 1.165) is 12.8 Å². The lowest BCUT2D eigenvalue weighted by atomic mass is 10.1. The molecule has 19 heavy (non-hydrogen) atoms. The molecule has 1 aromatic rings. The van der Waals surface area contributed by atoms with Crippen LogP contribution in [0.15, 0.2) is 18.2 Å². The Hall–Kier alpha value is -2.11. The topological polar surface area (TPSA) is 98.3 Å². The van der Waals surface area contributed by atoms with E-state index in [1.807, 2.05) is 0 Å². The second-order valence-electron chi connectivity index (χ2n) is 4.79. The summed E-state index contributed by atoms with van der Waals surface area (Å²) in [6.07, 6.45) is 1.89. The van der Waals surface area contributed by atoms with Gasteiger partial charge >= 0.3 is 0 Å². The number of hydrogen-bond acceptors (Lipinski definition) is 4. The molecule has 6 nitrogen and oxygen atoms in total. The van der Waals surface area contributed by atoms with Gasteiger partial charge in [-0.25, -0.2) is 0 Å². The van der Waals surface area contributed by atoms with Gasteiger partial charge in [0.1, 0.15) is 5.69 Å². The quantitative estimate of drug-likeness (QED) is 0.357. The number of nitrogen functional groups attached to an aromatic ring is 1. The minimum absolute atomic E-state index is 0.0890. The largest absolute Gasteiger partial charge is 0.393 e. The van der Waals surface area contributed by atoms with Gasteiger partial charge in [-0.05, 0) is 24.8 Å². The van der Waals surface area contributed by atoms with Gasteiger partial charge in [0.25, 0.3) is 11.6 Å². The fraction of sp³-hybridized carbons (Fsp3) is 0.462. The maximum atomic E-state index is 11.9. The van der Waals surface area contributed by atoms with Crippen LogP contribution in [0.25, 0.3) is 0 Å². The first kappa shape index (κ1) is 14.9. The number of carbonyl (C=O) groups excluding carboxylic acids is 1. The summed E-state index contributed by atoms with van der Waals surface area (Å²) in [4.78, 5) is 22.0. The van der Waals surface area contributed by atoms with E-state index in [1.54, 1.807) is 0 Å². The number of nitrogens with two attached hydrogens (primary N) is 1. The van der Waals surface area contributed by atoms with Crippen molar-refractivity contribution in [2.24, 2.45) is 5.92 Å². The van der Waals surface area contributed by atoms with Crippen LogP contribution >= 0.6 is 0 Å². The fourth-order valence-corrected chi connectivity index (χ4v) is 1.72. The van der Waals surface area contributed by atoms with E-state index in [4.69, 9.17) is 5.73 Å². The first-order valence-corrected chi connectivity index (χ1v) is 6.24. The van der Waals surface area contributed by atoms with E-state index < -0.39 is 4.92 Å². The number of para-hydroxylation sites is 1. The molecular weight excluding hydrogens is 246 g/mol. The Balaban J connectivity index is 2.67. The average Bonchev–Trinajstić information content (AvgIpc) is 2.34. The Morgan fingerprint density at radius 3 is 2.74 bits per heavy atom. The Morgan fingerprint density at radius 1 is 1.47 bits per heavy atom. The SMILES string of the molecule is CC(C)CCCNC(=O)c1cccc([N+](=O)[O-])c1N. The van der Waals surface area contributed by atoms with Gasteiger partial charge in [0, 0.05) is 12.6 Å². The molecule has 0 bridgehead atoms. The monoisotopic (exact) mass is 265 g/mol. The van der Waals surface area contributed by atoms with Gasteiger partial charge < -0.3 is 11.1 Å². The molecule has 0 atom stereocenters. The normalized spacial score (nSPS) is 10.5. The number of nitro groups is 1. The summed E-state index contributed by atoms with van der Waals surface area (Å²) in [5.41, 5.74) is 5.46. The maximum Gasteiger partial charge on any atom is 0.292 e. The van der Waals surface area contributed by atoms with Crippen LogP contribution in [0.2, 0.25) is 0 Å². The van der Waals surface area contributed by atoms with Crippen LogP contribution in [0.1, 0.15) is 37.0 Å². The van der Waals surface area contributed by atoms with Gasteiger partial charge in [0.05, 0.1) is 10.5 Å². The molecule has 1 rings (SSSR count). The summed E-state index contributed by atoms with van der Waals surface area (Å²) in [6.45, 7) is 4.76. The lowest BCUT2D eigenvalue weighted by Gasteiger charge is -2.08. The highest BCUT2D eigenvalue weighted by molar-refractivity contribution is 6.00. The van der Waals surface area contributed by atoms with Crippen LogP contribution in [-0.4, -0.2) is 17.4 Å². The highest BCUT2D eigenvalue weighted by Crippen LogP contribution is 2.24. The number of nitrogens with zero attached hydrogens (tertiary/aromatic N) is 1. The molecule has 0 saturated carbocycles. The number of amides is 1. The van der Waals surface area contributed by atoms with Gasteiger partial charge in [0.2, 0.25) is 0 Å². The summed E-state index contributed by atoms with van der Waals surface area (Å²) < 4.78 is 0. The molecule has 104 valence electrons. The van der Waals surface area contributed by atoms with E-state index in [9.17, 15) is 14.9 Å². The summed E-state index contributed by atoms with van der Waals surface area (Å²) in [5.74, 6) is 0.213. The zero-order chi connectivity index (χ0) is 14.4. The van der Waals surface area contributed by atoms with Crippen LogP contribution in [0.4, 0.5) is 11.4 Å². The second kappa shape index (κ2) is 6.72. The summed E-state index contributed by atoms with van der Waals surface area (Å²) in [7, 11) is 0. The summed E-state index contributed by atoms with van der Waals surface area (Å²) in [5, 5.41) is 13.4. The van der Waals surface area contributed by atoms with Gasteiger partial charge in [-0.15, -0.1) is 0 Å². The zero-order valence-electron chi connectivity index (χ0n) is 11.2. The highest BCUT2D eigenvalue weighted by atomic mass is 16.6. The molecule has 1 amide bonds. The van der Waals surface area contributed by atoms with Crippen molar-refractivity contribution in [1.29, 1.82) is 0 Å². The first-order valence-electron chi connectivity index (χ1n) is 6.24. The third-order valence-corrected chi connectivity index (χ3v) is 2.77. The van der Waals surface area contributed by atoms with Crippen molar-refractivity contribution >= 4 is 17.3 Å². The van der Waals surface area contributed by atoms with Gasteiger partial charge in [-0.2, -0.15) is 0 Å². The van der Waals surface area contributed by atoms with Gasteiger partial charge in [-0.3, -0.25) is 14.9 Å². The van der Waals surface area contributed by atoms with Crippen molar-refractivity contribution < 1.29 is 9.72 Å². The van der Waals surface area contributed by atoms with E-state index in [2.05, 4.69) is 19.2 Å². The van der Waals surface area contributed by atoms with E-state index in [0.29, 0.717) is 12.5 Å². The first-order chi connectivity index (χ1) is 8.93. The van der Waals surface area contributed by atoms with Gasteiger partial charge in [0.15, 0.2) is 0 Å². The Bertz CT molecular complexity index is 472. The molecule has 1 aromatic carbocycles. The van der Waals surface area contributed by atoms with E-state index in [-0.39, 0.29) is 22.8 Å². The molecule has 0 unspecified atom stereocenters. The Morgan fingerprint density at radius 2 is 2.16 bits per heavy atom. The molecule has 0 aliphatic heterocycles. The number of benzene rings is 1. The number of hydrogen-bond donors (Lipinski definition) is 2. The van der Waals surface area contributed by atoms with Crippen LogP contribution in [0.5, 0.6) is 0 Å². The zero-order valence-corrected chi connectivity index (χ0v) is 11.2. The van der Waals surface area contributed by atoms with Crippen LogP contribution < -0.4 is 11.1 Å². The fourth-order valence-electron chi connectivity index (χ4n) is 1.72. The minimum atomic E-state index is -0.592. The third-order valence-electron chi connectivity index (χ3n) is 2.77. The molecule has 0 fully saturated rings. The third kappa shape index (κ3) is 4.24. The Kier molecular flexibility index (Phi) is 5.29. The van der Waals surface area contributed by atoms with Crippen molar-refractivity contribution in [3.05, 3.63) is 33.9 Å². The van der Waals surface area contributed by atoms with Crippen molar-refractivity contribution in [3.8, 4) is 0 Å². The average molecular weight is 265 g/mol. The lowest BCUT2D eigenvalue weighted by molar-refractivity contribution is -0.383. The number of rotatable bonds is 6. The van der Waals surface area contributed by atoms with E-state index >= 15 is 0 Å². The standard InChI is InChI=1S/C13H19N3O3/c1-9(2)5-4-8-15-13(17)10-6-3-7-11(12(10)14)16(18)19/h3,6-7,9H,4-5,8,14H2,1-2H3,(H,15,17). The predicted octanol–water partition coefficient (Wildman–Crippen LogP) is 2.34. The molecule has 0 saturated heterocycles. The van der Waals surface area contributed by atoms with Crippen molar-refractivity contribution in [2.75, 3.05) is 12.3 Å². The van der Waals surface area contributed by atoms with Gasteiger partial charge in [-0.1, -0.05) is 19.9 Å². The number of nitrogens with one attached hydrogen (secondary N) is 1. The summed E-state index contributed by atoms with van der Waals surface area (Å²) >= 11 is 0. The highest BCUT2D eigenvalue weighted by Gasteiger charge is 2.18. The lowest BCUT2D eigenvalue weighted by Crippen LogP contribution is -2.25. The molecule has 0 heterocycles. The van der Waals surface area contributed by atoms with Crippen molar-refractivity contribution in [3.63, 3.8) is 0 Å². The van der Waals surface area contributed by atoms with Crippen LogP contribution in [0, 0.1) is 16.0 Å². The molecular formula is C13H19N3O3. The van der Waals surface area contributed by atoms with Crippen molar-refractivity contribution in [2.45, 2.75) is 26.7 Å². The van der Waals surface area contributed by atoms with Crippen LogP contribution in [0.3, 0.4) is 0 Å². The number of anilines is 1. The smallest absolute Gasteiger partial charge is 0.292 e. The predicted molar refractivity (Wildman–Crippen MR) is 73.9 cm³/mol. The van der Waals surface area contributed by atoms with Crippen molar-refractivity contribution in [1.82, 2.24) is 5.32 Å². The molecule has 0 aliphatic carbocycles. The number of nitro benzene ring substituents is 1. The maximum absolute atomic E-state index is 11.9. The summed E-state index contributed by atoms with van der Waals surface area (Å²) in [6, 6.07) is 4.22. The molecule has 6 heteroatoms. The molecule has 3 N–H and O–H groups in total. The van der Waals surface area contributed by atoms with E-state index in [1.165, 1.54) is 18.2 Å². The van der Waals surface area contributed by atoms with Crippen LogP contribution in [-0.2, 0) is 0 Å². The molecule has 0 spiro atoms.